The zero-order valence-electron chi connectivity index (χ0n) is 8.42. The molecule has 2 rings (SSSR count). The summed E-state index contributed by atoms with van der Waals surface area (Å²) in [5.74, 6) is 5.92. The molecule has 2 aromatic rings. The van der Waals surface area contributed by atoms with Crippen molar-refractivity contribution in [3.05, 3.63) is 52.2 Å². The molecule has 0 radical (unpaired) electrons. The van der Waals surface area contributed by atoms with Gasteiger partial charge in [-0.3, -0.25) is 0 Å². The number of benzene rings is 1. The quantitative estimate of drug-likeness (QED) is 0.560. The molecular formula is C12H9BO2S. The van der Waals surface area contributed by atoms with Gasteiger partial charge < -0.3 is 10.0 Å². The van der Waals surface area contributed by atoms with Crippen LogP contribution in [0.4, 0.5) is 0 Å². The van der Waals surface area contributed by atoms with E-state index in [1.165, 1.54) is 0 Å². The van der Waals surface area contributed by atoms with E-state index < -0.39 is 7.12 Å². The molecule has 0 spiro atoms. The van der Waals surface area contributed by atoms with Crippen molar-refractivity contribution in [3.63, 3.8) is 0 Å². The molecule has 4 heteroatoms. The molecule has 1 aromatic carbocycles. The predicted molar refractivity (Wildman–Crippen MR) is 66.6 cm³/mol. The predicted octanol–water partition coefficient (Wildman–Crippen LogP) is 0.828. The number of hydrogen-bond donors (Lipinski definition) is 2. The van der Waals surface area contributed by atoms with E-state index in [4.69, 9.17) is 10.0 Å². The van der Waals surface area contributed by atoms with Crippen molar-refractivity contribution < 1.29 is 10.0 Å². The van der Waals surface area contributed by atoms with Crippen molar-refractivity contribution in [1.29, 1.82) is 0 Å². The molecule has 1 aromatic heterocycles. The van der Waals surface area contributed by atoms with Crippen LogP contribution in [0.3, 0.4) is 0 Å². The van der Waals surface area contributed by atoms with Crippen LogP contribution in [0, 0.1) is 11.8 Å². The molecule has 0 fully saturated rings. The monoisotopic (exact) mass is 228 g/mol. The molecule has 0 bridgehead atoms. The van der Waals surface area contributed by atoms with Crippen LogP contribution in [0.2, 0.25) is 0 Å². The normalized spacial score (nSPS) is 9.38. The zero-order chi connectivity index (χ0) is 11.4. The van der Waals surface area contributed by atoms with E-state index in [1.807, 2.05) is 23.6 Å². The molecule has 0 aliphatic heterocycles. The summed E-state index contributed by atoms with van der Waals surface area (Å²) in [5.41, 5.74) is 1.08. The Hall–Kier alpha value is -1.54. The smallest absolute Gasteiger partial charge is 0.423 e. The maximum Gasteiger partial charge on any atom is 0.489 e. The van der Waals surface area contributed by atoms with Gasteiger partial charge in [-0.2, -0.15) is 0 Å². The van der Waals surface area contributed by atoms with Crippen LogP contribution in [-0.4, -0.2) is 17.2 Å². The van der Waals surface area contributed by atoms with E-state index >= 15 is 0 Å². The first-order chi connectivity index (χ1) is 7.77. The third-order valence-electron chi connectivity index (χ3n) is 2.08. The number of thiophene rings is 1. The summed E-state index contributed by atoms with van der Waals surface area (Å²) in [7, 11) is -1.48. The van der Waals surface area contributed by atoms with Crippen molar-refractivity contribution in [1.82, 2.24) is 0 Å². The Labute approximate surface area is 98.3 Å². The topological polar surface area (TPSA) is 40.5 Å². The molecular weight excluding hydrogens is 219 g/mol. The fraction of sp³-hybridized carbons (Fsp3) is 0. The van der Waals surface area contributed by atoms with Gasteiger partial charge in [-0.05, 0) is 23.0 Å². The highest BCUT2D eigenvalue weighted by Gasteiger charge is 2.13. The van der Waals surface area contributed by atoms with E-state index in [0.717, 1.165) is 4.88 Å². The molecule has 0 saturated carbocycles. The minimum Gasteiger partial charge on any atom is -0.423 e. The second kappa shape index (κ2) is 5.00. The lowest BCUT2D eigenvalue weighted by atomic mass is 9.77. The van der Waals surface area contributed by atoms with Crippen LogP contribution in [0.15, 0.2) is 41.8 Å². The van der Waals surface area contributed by atoms with Crippen LogP contribution >= 0.6 is 11.3 Å². The largest absolute Gasteiger partial charge is 0.489 e. The van der Waals surface area contributed by atoms with Crippen molar-refractivity contribution in [2.75, 3.05) is 0 Å². The first kappa shape index (κ1) is 11.0. The Morgan fingerprint density at radius 2 is 1.81 bits per heavy atom. The highest BCUT2D eigenvalue weighted by atomic mass is 32.1. The van der Waals surface area contributed by atoms with Crippen LogP contribution in [0.5, 0.6) is 0 Å². The van der Waals surface area contributed by atoms with Crippen molar-refractivity contribution in [3.8, 4) is 11.8 Å². The highest BCUT2D eigenvalue weighted by Crippen LogP contribution is 2.06. The molecule has 0 unspecified atom stereocenters. The lowest BCUT2D eigenvalue weighted by Crippen LogP contribution is -2.32. The van der Waals surface area contributed by atoms with E-state index in [-0.39, 0.29) is 0 Å². The molecule has 78 valence electrons. The molecule has 0 amide bonds. The Kier molecular flexibility index (Phi) is 3.42. The maximum absolute atomic E-state index is 9.15. The second-order valence-corrected chi connectivity index (χ2v) is 4.14. The lowest BCUT2D eigenvalue weighted by Gasteiger charge is -2.01. The zero-order valence-corrected chi connectivity index (χ0v) is 9.24. The number of rotatable bonds is 1. The fourth-order valence-electron chi connectivity index (χ4n) is 1.31. The van der Waals surface area contributed by atoms with Crippen LogP contribution < -0.4 is 5.46 Å². The summed E-state index contributed by atoms with van der Waals surface area (Å²) in [6.07, 6.45) is 0. The highest BCUT2D eigenvalue weighted by molar-refractivity contribution is 7.10. The molecule has 1 heterocycles. The van der Waals surface area contributed by atoms with Gasteiger partial charge in [-0.15, -0.1) is 11.3 Å². The number of hydrogen-bond acceptors (Lipinski definition) is 3. The summed E-state index contributed by atoms with van der Waals surface area (Å²) in [6, 6.07) is 10.9. The first-order valence-electron chi connectivity index (χ1n) is 4.78. The van der Waals surface area contributed by atoms with Crippen molar-refractivity contribution in [2.45, 2.75) is 0 Å². The van der Waals surface area contributed by atoms with Gasteiger partial charge in [0.2, 0.25) is 0 Å². The third-order valence-corrected chi connectivity index (χ3v) is 2.87. The SMILES string of the molecule is OB(O)c1ccccc1C#Cc1cccs1. The molecule has 2 N–H and O–H groups in total. The van der Waals surface area contributed by atoms with Crippen molar-refractivity contribution >= 4 is 23.9 Å². The standard InChI is InChI=1S/C12H9BO2S/c14-13(15)12-6-2-1-4-10(12)7-8-11-5-3-9-16-11/h1-6,9,14-15H. The minimum atomic E-state index is -1.48. The van der Waals surface area contributed by atoms with Gasteiger partial charge in [-0.25, -0.2) is 0 Å². The Bertz CT molecular complexity index is 523. The Morgan fingerprint density at radius 3 is 2.50 bits per heavy atom. The van der Waals surface area contributed by atoms with E-state index in [0.29, 0.717) is 11.0 Å². The average Bonchev–Trinajstić information content (AvgIpc) is 2.79. The lowest BCUT2D eigenvalue weighted by molar-refractivity contribution is 0.425. The maximum atomic E-state index is 9.15. The van der Waals surface area contributed by atoms with Gasteiger partial charge >= 0.3 is 7.12 Å². The van der Waals surface area contributed by atoms with Crippen LogP contribution in [0.25, 0.3) is 0 Å². The van der Waals surface area contributed by atoms with Crippen LogP contribution in [0.1, 0.15) is 10.4 Å². The molecule has 0 saturated heterocycles. The van der Waals surface area contributed by atoms with Gasteiger partial charge in [0.05, 0.1) is 4.88 Å². The molecule has 0 aliphatic rings. The van der Waals surface area contributed by atoms with E-state index in [2.05, 4.69) is 11.8 Å². The van der Waals surface area contributed by atoms with Gasteiger partial charge in [0, 0.05) is 5.56 Å². The van der Waals surface area contributed by atoms with Gasteiger partial charge in [0.25, 0.3) is 0 Å². The second-order valence-electron chi connectivity index (χ2n) is 3.19. The Balaban J connectivity index is 2.34. The molecule has 16 heavy (non-hydrogen) atoms. The Morgan fingerprint density at radius 1 is 1.00 bits per heavy atom. The van der Waals surface area contributed by atoms with Crippen LogP contribution in [-0.2, 0) is 0 Å². The van der Waals surface area contributed by atoms with Gasteiger partial charge in [-0.1, -0.05) is 36.1 Å². The average molecular weight is 228 g/mol. The van der Waals surface area contributed by atoms with Crippen molar-refractivity contribution in [2.24, 2.45) is 0 Å². The first-order valence-corrected chi connectivity index (χ1v) is 5.66. The van der Waals surface area contributed by atoms with Gasteiger partial charge in [0.1, 0.15) is 0 Å². The van der Waals surface area contributed by atoms with E-state index in [9.17, 15) is 0 Å². The summed E-state index contributed by atoms with van der Waals surface area (Å²) < 4.78 is 0. The van der Waals surface area contributed by atoms with Gasteiger partial charge in [0.15, 0.2) is 0 Å². The summed E-state index contributed by atoms with van der Waals surface area (Å²) in [4.78, 5) is 0.960. The fourth-order valence-corrected chi connectivity index (χ4v) is 1.89. The summed E-state index contributed by atoms with van der Waals surface area (Å²) in [5, 5.41) is 20.3. The minimum absolute atomic E-state index is 0.437. The van der Waals surface area contributed by atoms with E-state index in [1.54, 1.807) is 29.5 Å². The summed E-state index contributed by atoms with van der Waals surface area (Å²) in [6.45, 7) is 0. The molecule has 0 atom stereocenters. The molecule has 0 aliphatic carbocycles. The summed E-state index contributed by atoms with van der Waals surface area (Å²) >= 11 is 1.56. The third kappa shape index (κ3) is 2.53. The molecule has 2 nitrogen and oxygen atoms in total.